The van der Waals surface area contributed by atoms with E-state index < -0.39 is 0 Å². The zero-order valence-electron chi connectivity index (χ0n) is 9.86. The minimum Gasteiger partial charge on any atom is -0.391 e. The van der Waals surface area contributed by atoms with Gasteiger partial charge >= 0.3 is 0 Å². The van der Waals surface area contributed by atoms with Crippen molar-refractivity contribution >= 4 is 12.3 Å². The highest BCUT2D eigenvalue weighted by atomic mass is 16.6. The van der Waals surface area contributed by atoms with Gasteiger partial charge in [0.15, 0.2) is 0 Å². The molecule has 0 saturated heterocycles. The van der Waals surface area contributed by atoms with Crippen LogP contribution in [0.3, 0.4) is 0 Å². The van der Waals surface area contributed by atoms with Gasteiger partial charge in [0, 0.05) is 6.21 Å². The SMILES string of the molecule is C=Cc1ccccc1CON=CCCCC. The van der Waals surface area contributed by atoms with E-state index in [4.69, 9.17) is 4.84 Å². The van der Waals surface area contributed by atoms with Gasteiger partial charge in [-0.25, -0.2) is 0 Å². The molecule has 0 aliphatic rings. The molecule has 0 N–H and O–H groups in total. The Morgan fingerprint density at radius 3 is 2.94 bits per heavy atom. The molecule has 86 valence electrons. The number of rotatable bonds is 7. The van der Waals surface area contributed by atoms with Gasteiger partial charge in [-0.3, -0.25) is 0 Å². The van der Waals surface area contributed by atoms with Crippen LogP contribution in [0.2, 0.25) is 0 Å². The van der Waals surface area contributed by atoms with Crippen LogP contribution in [0, 0.1) is 0 Å². The summed E-state index contributed by atoms with van der Waals surface area (Å²) in [6, 6.07) is 8.03. The molecule has 0 amide bonds. The Balaban J connectivity index is 2.36. The zero-order valence-corrected chi connectivity index (χ0v) is 9.86. The molecule has 16 heavy (non-hydrogen) atoms. The predicted molar refractivity (Wildman–Crippen MR) is 69.3 cm³/mol. The highest BCUT2D eigenvalue weighted by molar-refractivity contribution is 5.56. The quantitative estimate of drug-likeness (QED) is 0.384. The fourth-order valence-electron chi connectivity index (χ4n) is 1.37. The number of oxime groups is 1. The van der Waals surface area contributed by atoms with Crippen molar-refractivity contribution in [2.24, 2.45) is 5.16 Å². The molecule has 1 aromatic rings. The zero-order chi connectivity index (χ0) is 11.6. The molecule has 0 radical (unpaired) electrons. The molecule has 0 fully saturated rings. The normalized spacial score (nSPS) is 10.6. The molecule has 0 aromatic heterocycles. The van der Waals surface area contributed by atoms with E-state index in [1.807, 2.05) is 36.6 Å². The molecule has 1 rings (SSSR count). The van der Waals surface area contributed by atoms with E-state index in [2.05, 4.69) is 18.7 Å². The Bertz CT molecular complexity index is 344. The standard InChI is InChI=1S/C14H19NO/c1-3-5-8-11-15-16-12-14-10-7-6-9-13(14)4-2/h4,6-7,9-11H,2-3,5,8,12H2,1H3. The first-order valence-corrected chi connectivity index (χ1v) is 5.72. The van der Waals surface area contributed by atoms with Crippen LogP contribution in [0.25, 0.3) is 6.08 Å². The maximum absolute atomic E-state index is 5.23. The van der Waals surface area contributed by atoms with E-state index in [-0.39, 0.29) is 0 Å². The Morgan fingerprint density at radius 1 is 1.38 bits per heavy atom. The lowest BCUT2D eigenvalue weighted by Crippen LogP contribution is -1.90. The second kappa shape index (κ2) is 7.69. The molecule has 0 aliphatic heterocycles. The maximum atomic E-state index is 5.23. The van der Waals surface area contributed by atoms with Crippen LogP contribution in [0.1, 0.15) is 37.3 Å². The van der Waals surface area contributed by atoms with Crippen LogP contribution in [-0.4, -0.2) is 6.21 Å². The van der Waals surface area contributed by atoms with Gasteiger partial charge in [0.2, 0.25) is 0 Å². The van der Waals surface area contributed by atoms with Crippen molar-refractivity contribution in [3.05, 3.63) is 42.0 Å². The Kier molecular flexibility index (Phi) is 6.00. The fourth-order valence-corrected chi connectivity index (χ4v) is 1.37. The summed E-state index contributed by atoms with van der Waals surface area (Å²) in [6.07, 6.45) is 7.00. The van der Waals surface area contributed by atoms with Crippen molar-refractivity contribution in [2.45, 2.75) is 32.8 Å². The molecular formula is C14H19NO. The molecule has 0 heterocycles. The molecule has 1 aromatic carbocycles. The van der Waals surface area contributed by atoms with Crippen LogP contribution in [0.5, 0.6) is 0 Å². The van der Waals surface area contributed by atoms with E-state index in [0.717, 1.165) is 24.0 Å². The molecule has 0 saturated carbocycles. The Morgan fingerprint density at radius 2 is 2.19 bits per heavy atom. The van der Waals surface area contributed by atoms with Crippen molar-refractivity contribution in [1.29, 1.82) is 0 Å². The molecule has 2 nitrogen and oxygen atoms in total. The van der Waals surface area contributed by atoms with Crippen LogP contribution in [-0.2, 0) is 11.4 Å². The first kappa shape index (κ1) is 12.5. The minimum atomic E-state index is 0.505. The van der Waals surface area contributed by atoms with E-state index in [9.17, 15) is 0 Å². The predicted octanol–water partition coefficient (Wildman–Crippen LogP) is 4.02. The summed E-state index contributed by atoms with van der Waals surface area (Å²) in [7, 11) is 0. The average molecular weight is 217 g/mol. The van der Waals surface area contributed by atoms with Gasteiger partial charge in [0.25, 0.3) is 0 Å². The first-order valence-electron chi connectivity index (χ1n) is 5.72. The molecule has 0 bridgehead atoms. The topological polar surface area (TPSA) is 21.6 Å². The summed E-state index contributed by atoms with van der Waals surface area (Å²) in [6.45, 7) is 6.43. The molecule has 0 aliphatic carbocycles. The van der Waals surface area contributed by atoms with Gasteiger partial charge in [-0.2, -0.15) is 0 Å². The lowest BCUT2D eigenvalue weighted by molar-refractivity contribution is 0.131. The third-order valence-corrected chi connectivity index (χ3v) is 2.33. The van der Waals surface area contributed by atoms with Gasteiger partial charge in [0.1, 0.15) is 6.61 Å². The van der Waals surface area contributed by atoms with E-state index in [0.29, 0.717) is 6.61 Å². The van der Waals surface area contributed by atoms with Gasteiger partial charge in [-0.05, 0) is 24.0 Å². The average Bonchev–Trinajstić information content (AvgIpc) is 2.34. The van der Waals surface area contributed by atoms with E-state index in [1.54, 1.807) is 0 Å². The molecule has 0 atom stereocenters. The summed E-state index contributed by atoms with van der Waals surface area (Å²) in [4.78, 5) is 5.23. The number of hydrogen-bond donors (Lipinski definition) is 0. The molecule has 0 spiro atoms. The van der Waals surface area contributed by atoms with Crippen LogP contribution in [0.15, 0.2) is 36.0 Å². The number of nitrogens with zero attached hydrogens (tertiary/aromatic N) is 1. The lowest BCUT2D eigenvalue weighted by atomic mass is 10.1. The van der Waals surface area contributed by atoms with E-state index in [1.165, 1.54) is 6.42 Å². The fraction of sp³-hybridized carbons (Fsp3) is 0.357. The second-order valence-corrected chi connectivity index (χ2v) is 3.61. The first-order chi connectivity index (χ1) is 7.88. The van der Waals surface area contributed by atoms with Gasteiger partial charge in [0.05, 0.1) is 0 Å². The van der Waals surface area contributed by atoms with Crippen molar-refractivity contribution < 1.29 is 4.84 Å². The monoisotopic (exact) mass is 217 g/mol. The van der Waals surface area contributed by atoms with Crippen LogP contribution >= 0.6 is 0 Å². The van der Waals surface area contributed by atoms with Gasteiger partial charge in [-0.15, -0.1) is 0 Å². The van der Waals surface area contributed by atoms with Crippen molar-refractivity contribution in [3.8, 4) is 0 Å². The highest BCUT2D eigenvalue weighted by Crippen LogP contribution is 2.11. The van der Waals surface area contributed by atoms with Crippen LogP contribution < -0.4 is 0 Å². The summed E-state index contributed by atoms with van der Waals surface area (Å²) in [5, 5.41) is 3.92. The number of unbranched alkanes of at least 4 members (excludes halogenated alkanes) is 2. The summed E-state index contributed by atoms with van der Waals surface area (Å²) >= 11 is 0. The highest BCUT2D eigenvalue weighted by Gasteiger charge is 1.97. The van der Waals surface area contributed by atoms with Gasteiger partial charge in [-0.1, -0.05) is 55.4 Å². The van der Waals surface area contributed by atoms with Crippen molar-refractivity contribution in [1.82, 2.24) is 0 Å². The second-order valence-electron chi connectivity index (χ2n) is 3.61. The van der Waals surface area contributed by atoms with Crippen molar-refractivity contribution in [3.63, 3.8) is 0 Å². The maximum Gasteiger partial charge on any atom is 0.142 e. The van der Waals surface area contributed by atoms with E-state index >= 15 is 0 Å². The minimum absolute atomic E-state index is 0.505. The molecule has 2 heteroatoms. The number of benzene rings is 1. The largest absolute Gasteiger partial charge is 0.391 e. The summed E-state index contributed by atoms with van der Waals surface area (Å²) in [5.41, 5.74) is 2.22. The lowest BCUT2D eigenvalue weighted by Gasteiger charge is -2.03. The van der Waals surface area contributed by atoms with Crippen molar-refractivity contribution in [2.75, 3.05) is 0 Å². The number of hydrogen-bond acceptors (Lipinski definition) is 2. The smallest absolute Gasteiger partial charge is 0.142 e. The van der Waals surface area contributed by atoms with Crippen LogP contribution in [0.4, 0.5) is 0 Å². The Labute approximate surface area is 97.6 Å². The third kappa shape index (κ3) is 4.30. The molecule has 0 unspecified atom stereocenters. The third-order valence-electron chi connectivity index (χ3n) is 2.33. The van der Waals surface area contributed by atoms with Gasteiger partial charge < -0.3 is 4.84 Å². The Hall–Kier alpha value is -1.57. The molecular weight excluding hydrogens is 198 g/mol. The summed E-state index contributed by atoms with van der Waals surface area (Å²) in [5.74, 6) is 0. The summed E-state index contributed by atoms with van der Waals surface area (Å²) < 4.78 is 0.